The van der Waals surface area contributed by atoms with Crippen LogP contribution in [0.15, 0.2) is 30.9 Å². The number of hydrogen-bond acceptors (Lipinski definition) is 4. The molecular formula is C17H23N5O2. The molecule has 1 aliphatic carbocycles. The van der Waals surface area contributed by atoms with Crippen LogP contribution in [0, 0.1) is 5.92 Å². The Bertz CT molecular complexity index is 711. The van der Waals surface area contributed by atoms with E-state index in [-0.39, 0.29) is 12.1 Å². The van der Waals surface area contributed by atoms with Crippen LogP contribution in [-0.2, 0) is 0 Å². The fourth-order valence-electron chi connectivity index (χ4n) is 2.78. The lowest BCUT2D eigenvalue weighted by molar-refractivity contribution is 0.249. The summed E-state index contributed by atoms with van der Waals surface area (Å²) in [6.45, 7) is 4.06. The van der Waals surface area contributed by atoms with Gasteiger partial charge in [0, 0.05) is 18.0 Å². The number of hydrogen-bond donors (Lipinski definition) is 2. The number of carbonyl (C=O) groups excluding carboxylic acids is 1. The van der Waals surface area contributed by atoms with Crippen LogP contribution < -0.4 is 15.4 Å². The SMILES string of the molecule is COc1cnccc1[C@H](C)NC(=O)Nc1cnn([C@H](C)C2CC2)c1. The van der Waals surface area contributed by atoms with Gasteiger partial charge in [0.2, 0.25) is 0 Å². The zero-order chi connectivity index (χ0) is 17.1. The van der Waals surface area contributed by atoms with E-state index < -0.39 is 0 Å². The number of amides is 2. The van der Waals surface area contributed by atoms with Gasteiger partial charge >= 0.3 is 6.03 Å². The van der Waals surface area contributed by atoms with Crippen LogP contribution in [0.5, 0.6) is 5.75 Å². The Hall–Kier alpha value is -2.57. The zero-order valence-corrected chi connectivity index (χ0v) is 14.2. The van der Waals surface area contributed by atoms with E-state index in [1.165, 1.54) is 12.8 Å². The normalized spacial score (nSPS) is 16.3. The van der Waals surface area contributed by atoms with Crippen molar-refractivity contribution in [2.75, 3.05) is 12.4 Å². The molecule has 2 aromatic rings. The molecule has 7 heteroatoms. The van der Waals surface area contributed by atoms with Crippen molar-refractivity contribution in [3.8, 4) is 5.75 Å². The third-order valence-electron chi connectivity index (χ3n) is 4.43. The largest absolute Gasteiger partial charge is 0.495 e. The summed E-state index contributed by atoms with van der Waals surface area (Å²) in [4.78, 5) is 16.2. The molecule has 0 radical (unpaired) electrons. The molecule has 24 heavy (non-hydrogen) atoms. The smallest absolute Gasteiger partial charge is 0.319 e. The van der Waals surface area contributed by atoms with Gasteiger partial charge < -0.3 is 15.4 Å². The number of anilines is 1. The number of pyridine rings is 1. The average Bonchev–Trinajstić information content (AvgIpc) is 3.33. The molecule has 0 aliphatic heterocycles. The summed E-state index contributed by atoms with van der Waals surface area (Å²) in [6, 6.07) is 1.73. The third kappa shape index (κ3) is 3.67. The highest BCUT2D eigenvalue weighted by atomic mass is 16.5. The van der Waals surface area contributed by atoms with E-state index in [9.17, 15) is 4.79 Å². The number of methoxy groups -OCH3 is 1. The number of ether oxygens (including phenoxy) is 1. The van der Waals surface area contributed by atoms with E-state index in [1.54, 1.807) is 25.7 Å². The van der Waals surface area contributed by atoms with Crippen molar-refractivity contribution in [2.24, 2.45) is 5.92 Å². The van der Waals surface area contributed by atoms with Crippen molar-refractivity contribution in [1.29, 1.82) is 0 Å². The fraction of sp³-hybridized carbons (Fsp3) is 0.471. The number of nitrogens with one attached hydrogen (secondary N) is 2. The molecule has 1 fully saturated rings. The predicted molar refractivity (Wildman–Crippen MR) is 91.0 cm³/mol. The van der Waals surface area contributed by atoms with Crippen molar-refractivity contribution in [2.45, 2.75) is 38.8 Å². The van der Waals surface area contributed by atoms with Gasteiger partial charge in [0.25, 0.3) is 0 Å². The van der Waals surface area contributed by atoms with Crippen molar-refractivity contribution in [3.05, 3.63) is 36.4 Å². The second kappa shape index (κ2) is 6.90. The lowest BCUT2D eigenvalue weighted by Gasteiger charge is -2.17. The maximum absolute atomic E-state index is 12.2. The number of nitrogens with zero attached hydrogens (tertiary/aromatic N) is 3. The average molecular weight is 329 g/mol. The molecular weight excluding hydrogens is 306 g/mol. The quantitative estimate of drug-likeness (QED) is 0.853. The molecule has 0 spiro atoms. The molecule has 2 N–H and O–H groups in total. The number of urea groups is 1. The first-order valence-corrected chi connectivity index (χ1v) is 8.18. The number of rotatable bonds is 6. The summed E-state index contributed by atoms with van der Waals surface area (Å²) in [5.41, 5.74) is 1.56. The summed E-state index contributed by atoms with van der Waals surface area (Å²) in [7, 11) is 1.59. The number of aromatic nitrogens is 3. The molecule has 128 valence electrons. The van der Waals surface area contributed by atoms with Crippen LogP contribution in [0.1, 0.15) is 44.3 Å². The number of carbonyl (C=O) groups is 1. The Morgan fingerprint density at radius 3 is 2.88 bits per heavy atom. The molecule has 2 amide bonds. The predicted octanol–water partition coefficient (Wildman–Crippen LogP) is 3.14. The van der Waals surface area contributed by atoms with E-state index in [0.717, 1.165) is 5.56 Å². The van der Waals surface area contributed by atoms with Gasteiger partial charge in [0.15, 0.2) is 0 Å². The zero-order valence-electron chi connectivity index (χ0n) is 14.2. The van der Waals surface area contributed by atoms with Gasteiger partial charge in [0.05, 0.1) is 37.3 Å². The van der Waals surface area contributed by atoms with Crippen molar-refractivity contribution in [3.63, 3.8) is 0 Å². The van der Waals surface area contributed by atoms with Crippen LogP contribution >= 0.6 is 0 Å². The summed E-state index contributed by atoms with van der Waals surface area (Å²) in [5.74, 6) is 1.36. The molecule has 0 unspecified atom stereocenters. The van der Waals surface area contributed by atoms with E-state index in [0.29, 0.717) is 23.4 Å². The Kier molecular flexibility index (Phi) is 4.69. The Morgan fingerprint density at radius 2 is 2.17 bits per heavy atom. The molecule has 0 bridgehead atoms. The highest BCUT2D eigenvalue weighted by Crippen LogP contribution is 2.39. The van der Waals surface area contributed by atoms with E-state index in [2.05, 4.69) is 27.6 Å². The lowest BCUT2D eigenvalue weighted by Crippen LogP contribution is -2.31. The van der Waals surface area contributed by atoms with Crippen molar-refractivity contribution in [1.82, 2.24) is 20.1 Å². The molecule has 1 aliphatic rings. The summed E-state index contributed by atoms with van der Waals surface area (Å²) in [5, 5.41) is 10.1. The summed E-state index contributed by atoms with van der Waals surface area (Å²) in [6.07, 6.45) is 9.38. The van der Waals surface area contributed by atoms with Crippen molar-refractivity contribution < 1.29 is 9.53 Å². The van der Waals surface area contributed by atoms with Gasteiger partial charge in [0.1, 0.15) is 5.75 Å². The van der Waals surface area contributed by atoms with E-state index >= 15 is 0 Å². The van der Waals surface area contributed by atoms with E-state index in [1.807, 2.05) is 23.9 Å². The fourth-order valence-corrected chi connectivity index (χ4v) is 2.78. The van der Waals surface area contributed by atoms with Crippen LogP contribution in [0.2, 0.25) is 0 Å². The maximum Gasteiger partial charge on any atom is 0.319 e. The Labute approximate surface area is 141 Å². The van der Waals surface area contributed by atoms with Crippen LogP contribution in [0.25, 0.3) is 0 Å². The van der Waals surface area contributed by atoms with Gasteiger partial charge in [-0.25, -0.2) is 4.79 Å². The lowest BCUT2D eigenvalue weighted by atomic mass is 10.1. The van der Waals surface area contributed by atoms with Crippen molar-refractivity contribution >= 4 is 11.7 Å². The summed E-state index contributed by atoms with van der Waals surface area (Å²) >= 11 is 0. The van der Waals surface area contributed by atoms with Gasteiger partial charge in [-0.3, -0.25) is 9.67 Å². The Morgan fingerprint density at radius 1 is 1.38 bits per heavy atom. The molecule has 2 atom stereocenters. The van der Waals surface area contributed by atoms with Gasteiger partial charge in [-0.15, -0.1) is 0 Å². The van der Waals surface area contributed by atoms with Gasteiger partial charge in [-0.2, -0.15) is 5.10 Å². The van der Waals surface area contributed by atoms with Gasteiger partial charge in [-0.1, -0.05) is 0 Å². The minimum atomic E-state index is -0.278. The van der Waals surface area contributed by atoms with Crippen LogP contribution in [-0.4, -0.2) is 27.9 Å². The van der Waals surface area contributed by atoms with Crippen LogP contribution in [0.3, 0.4) is 0 Å². The molecule has 2 heterocycles. The third-order valence-corrected chi connectivity index (χ3v) is 4.43. The van der Waals surface area contributed by atoms with Gasteiger partial charge in [-0.05, 0) is 38.7 Å². The molecule has 1 saturated carbocycles. The first-order chi connectivity index (χ1) is 11.6. The minimum Gasteiger partial charge on any atom is -0.495 e. The maximum atomic E-state index is 12.2. The second-order valence-corrected chi connectivity index (χ2v) is 6.22. The highest BCUT2D eigenvalue weighted by Gasteiger charge is 2.29. The monoisotopic (exact) mass is 329 g/mol. The first-order valence-electron chi connectivity index (χ1n) is 8.18. The standard InChI is InChI=1S/C17H23N5O2/c1-11(15-6-7-18-9-16(15)24-3)20-17(23)21-14-8-19-22(10-14)12(2)13-4-5-13/h6-13H,4-5H2,1-3H3,(H2,20,21,23)/t11-,12+/m0/s1. The second-order valence-electron chi connectivity index (χ2n) is 6.22. The summed E-state index contributed by atoms with van der Waals surface area (Å²) < 4.78 is 7.20. The molecule has 2 aromatic heterocycles. The topological polar surface area (TPSA) is 81.1 Å². The molecule has 0 saturated heterocycles. The Balaban J connectivity index is 1.59. The van der Waals surface area contributed by atoms with E-state index in [4.69, 9.17) is 4.74 Å². The molecule has 0 aromatic carbocycles. The highest BCUT2D eigenvalue weighted by molar-refractivity contribution is 5.89. The molecule has 7 nitrogen and oxygen atoms in total. The van der Waals surface area contributed by atoms with Crippen LogP contribution in [0.4, 0.5) is 10.5 Å². The minimum absolute atomic E-state index is 0.205. The first kappa shape index (κ1) is 16.3. The molecule has 3 rings (SSSR count).